The molecule has 18 heavy (non-hydrogen) atoms. The maximum Gasteiger partial charge on any atom is 0.0963 e. The largest absolute Gasteiger partial charge is 0.387 e. The van der Waals surface area contributed by atoms with E-state index in [0.29, 0.717) is 11.9 Å². The second kappa shape index (κ2) is 7.13. The molecule has 3 nitrogen and oxygen atoms in total. The van der Waals surface area contributed by atoms with Gasteiger partial charge in [0.25, 0.3) is 0 Å². The van der Waals surface area contributed by atoms with Crippen LogP contribution < -0.4 is 5.73 Å². The second-order valence-corrected chi connectivity index (χ2v) is 6.43. The topological polar surface area (TPSA) is 59.1 Å². The molecular formula is C15H30N2O. The minimum Gasteiger partial charge on any atom is -0.387 e. The maximum absolute atomic E-state index is 7.51. The fourth-order valence-corrected chi connectivity index (χ4v) is 2.57. The number of hydrogen-bond donors (Lipinski definition) is 2. The van der Waals surface area contributed by atoms with Crippen LogP contribution >= 0.6 is 0 Å². The first-order valence-electron chi connectivity index (χ1n) is 7.39. The normalized spacial score (nSPS) is 25.1. The number of nitrogens with two attached hydrogens (primary N) is 1. The van der Waals surface area contributed by atoms with E-state index in [9.17, 15) is 0 Å². The Morgan fingerprint density at radius 1 is 1.28 bits per heavy atom. The van der Waals surface area contributed by atoms with Gasteiger partial charge < -0.3 is 10.5 Å². The molecule has 0 heterocycles. The summed E-state index contributed by atoms with van der Waals surface area (Å²) in [5.41, 5.74) is 5.42. The first kappa shape index (κ1) is 15.5. The molecule has 1 saturated carbocycles. The van der Waals surface area contributed by atoms with Crippen LogP contribution in [0.25, 0.3) is 0 Å². The number of rotatable bonds is 7. The fourth-order valence-electron chi connectivity index (χ4n) is 2.57. The third-order valence-electron chi connectivity index (χ3n) is 4.29. The lowest BCUT2D eigenvalue weighted by atomic mass is 9.86. The molecule has 106 valence electrons. The summed E-state index contributed by atoms with van der Waals surface area (Å²) in [6.45, 7) is 7.25. The Morgan fingerprint density at radius 3 is 2.56 bits per heavy atom. The van der Waals surface area contributed by atoms with Crippen LogP contribution in [0.15, 0.2) is 0 Å². The first-order chi connectivity index (χ1) is 8.43. The highest BCUT2D eigenvalue weighted by Gasteiger charge is 2.22. The van der Waals surface area contributed by atoms with Crippen molar-refractivity contribution in [3.05, 3.63) is 0 Å². The van der Waals surface area contributed by atoms with Gasteiger partial charge in [-0.1, -0.05) is 40.0 Å². The van der Waals surface area contributed by atoms with Crippen LogP contribution in [0, 0.1) is 16.7 Å². The predicted molar refractivity (Wildman–Crippen MR) is 76.9 cm³/mol. The van der Waals surface area contributed by atoms with E-state index in [2.05, 4.69) is 6.92 Å². The van der Waals surface area contributed by atoms with Crippen molar-refractivity contribution in [1.82, 2.24) is 0 Å². The summed E-state index contributed by atoms with van der Waals surface area (Å²) in [5, 5.41) is 7.51. The van der Waals surface area contributed by atoms with Crippen LogP contribution in [0.3, 0.4) is 0 Å². The van der Waals surface area contributed by atoms with E-state index in [0.717, 1.165) is 31.8 Å². The molecule has 1 fully saturated rings. The molecular weight excluding hydrogens is 224 g/mol. The molecule has 2 unspecified atom stereocenters. The van der Waals surface area contributed by atoms with Crippen molar-refractivity contribution in [2.24, 2.45) is 17.1 Å². The van der Waals surface area contributed by atoms with Gasteiger partial charge in [0.1, 0.15) is 0 Å². The van der Waals surface area contributed by atoms with Crippen molar-refractivity contribution in [3.8, 4) is 0 Å². The van der Waals surface area contributed by atoms with Gasteiger partial charge >= 0.3 is 0 Å². The highest BCUT2D eigenvalue weighted by Crippen LogP contribution is 2.27. The molecule has 2 atom stereocenters. The Morgan fingerprint density at radius 2 is 1.94 bits per heavy atom. The van der Waals surface area contributed by atoms with Gasteiger partial charge in [-0.25, -0.2) is 0 Å². The van der Waals surface area contributed by atoms with E-state index >= 15 is 0 Å². The summed E-state index contributed by atoms with van der Waals surface area (Å²) in [6.07, 6.45) is 8.89. The average molecular weight is 254 g/mol. The standard InChI is InChI=1S/C15H30N2O/c1-12-8-4-5-9-13(12)18-11-7-6-10-15(2,3)14(16)17/h12-13H,4-11H2,1-3H3,(H3,16,17). The van der Waals surface area contributed by atoms with E-state index in [1.807, 2.05) is 13.8 Å². The molecule has 1 aliphatic rings. The summed E-state index contributed by atoms with van der Waals surface area (Å²) in [4.78, 5) is 0. The zero-order valence-corrected chi connectivity index (χ0v) is 12.3. The lowest BCUT2D eigenvalue weighted by molar-refractivity contribution is -0.00689. The second-order valence-electron chi connectivity index (χ2n) is 6.43. The van der Waals surface area contributed by atoms with Gasteiger partial charge in [0.15, 0.2) is 0 Å². The SMILES string of the molecule is CC1CCCCC1OCCCCC(C)(C)C(=N)N. The van der Waals surface area contributed by atoms with Gasteiger partial charge in [-0.3, -0.25) is 5.41 Å². The molecule has 3 N–H and O–H groups in total. The Kier molecular flexibility index (Phi) is 6.13. The van der Waals surface area contributed by atoms with E-state index < -0.39 is 0 Å². The Bertz CT molecular complexity index is 263. The summed E-state index contributed by atoms with van der Waals surface area (Å²) in [6, 6.07) is 0. The molecule has 0 aromatic heterocycles. The van der Waals surface area contributed by atoms with Gasteiger partial charge in [0.2, 0.25) is 0 Å². The third kappa shape index (κ3) is 4.97. The molecule has 0 aliphatic heterocycles. The first-order valence-corrected chi connectivity index (χ1v) is 7.39. The minimum absolute atomic E-state index is 0.155. The Labute approximate surface area is 112 Å². The minimum atomic E-state index is -0.155. The van der Waals surface area contributed by atoms with Crippen LogP contribution in [-0.4, -0.2) is 18.5 Å². The van der Waals surface area contributed by atoms with E-state index in [4.69, 9.17) is 15.9 Å². The molecule has 0 bridgehead atoms. The number of amidine groups is 1. The summed E-state index contributed by atoms with van der Waals surface area (Å²) in [7, 11) is 0. The van der Waals surface area contributed by atoms with Gasteiger partial charge in [-0.2, -0.15) is 0 Å². The summed E-state index contributed by atoms with van der Waals surface area (Å²) >= 11 is 0. The van der Waals surface area contributed by atoms with Crippen LogP contribution in [0.5, 0.6) is 0 Å². The van der Waals surface area contributed by atoms with Crippen molar-refractivity contribution < 1.29 is 4.74 Å². The van der Waals surface area contributed by atoms with Gasteiger partial charge in [-0.05, 0) is 31.6 Å². The summed E-state index contributed by atoms with van der Waals surface area (Å²) in [5.74, 6) is 1.02. The van der Waals surface area contributed by atoms with Crippen molar-refractivity contribution in [2.45, 2.75) is 71.8 Å². The Balaban J connectivity index is 2.10. The zero-order chi connectivity index (χ0) is 13.6. The fraction of sp³-hybridized carbons (Fsp3) is 0.933. The number of hydrogen-bond acceptors (Lipinski definition) is 2. The van der Waals surface area contributed by atoms with Crippen molar-refractivity contribution in [2.75, 3.05) is 6.61 Å². The van der Waals surface area contributed by atoms with Gasteiger partial charge in [0, 0.05) is 12.0 Å². The van der Waals surface area contributed by atoms with Crippen molar-refractivity contribution in [1.29, 1.82) is 5.41 Å². The average Bonchev–Trinajstić information content (AvgIpc) is 2.30. The van der Waals surface area contributed by atoms with E-state index in [-0.39, 0.29) is 5.41 Å². The van der Waals surface area contributed by atoms with E-state index in [1.165, 1.54) is 25.7 Å². The molecule has 1 aliphatic carbocycles. The molecule has 0 spiro atoms. The summed E-state index contributed by atoms with van der Waals surface area (Å²) < 4.78 is 5.99. The van der Waals surface area contributed by atoms with Crippen molar-refractivity contribution in [3.63, 3.8) is 0 Å². The highest BCUT2D eigenvalue weighted by atomic mass is 16.5. The molecule has 1 rings (SSSR count). The predicted octanol–water partition coefficient (Wildman–Crippen LogP) is 3.71. The number of nitrogens with one attached hydrogen (secondary N) is 1. The molecule has 0 aromatic carbocycles. The molecule has 0 amide bonds. The lowest BCUT2D eigenvalue weighted by Crippen LogP contribution is -2.30. The van der Waals surface area contributed by atoms with Crippen LogP contribution in [0.2, 0.25) is 0 Å². The smallest absolute Gasteiger partial charge is 0.0963 e. The quantitative estimate of drug-likeness (QED) is 0.413. The highest BCUT2D eigenvalue weighted by molar-refractivity contribution is 5.82. The monoisotopic (exact) mass is 254 g/mol. The van der Waals surface area contributed by atoms with Crippen molar-refractivity contribution >= 4 is 5.84 Å². The number of ether oxygens (including phenoxy) is 1. The molecule has 0 radical (unpaired) electrons. The van der Waals surface area contributed by atoms with Gasteiger partial charge in [0.05, 0.1) is 11.9 Å². The Hall–Kier alpha value is -0.570. The molecule has 3 heteroatoms. The van der Waals surface area contributed by atoms with Crippen LogP contribution in [0.1, 0.15) is 65.7 Å². The molecule has 0 aromatic rings. The lowest BCUT2D eigenvalue weighted by Gasteiger charge is -2.29. The zero-order valence-electron chi connectivity index (χ0n) is 12.3. The molecule has 0 saturated heterocycles. The van der Waals surface area contributed by atoms with Crippen LogP contribution in [0.4, 0.5) is 0 Å². The number of unbranched alkanes of at least 4 members (excludes halogenated alkanes) is 1. The van der Waals surface area contributed by atoms with Crippen LogP contribution in [-0.2, 0) is 4.74 Å². The van der Waals surface area contributed by atoms with E-state index in [1.54, 1.807) is 0 Å². The third-order valence-corrected chi connectivity index (χ3v) is 4.29. The van der Waals surface area contributed by atoms with Gasteiger partial charge in [-0.15, -0.1) is 0 Å². The maximum atomic E-state index is 7.51.